The zero-order valence-electron chi connectivity index (χ0n) is 8.72. The van der Waals surface area contributed by atoms with Crippen LogP contribution in [-0.2, 0) is 0 Å². The second kappa shape index (κ2) is 3.01. The molecule has 1 aromatic carbocycles. The summed E-state index contributed by atoms with van der Waals surface area (Å²) in [6, 6.07) is 6.65. The molecule has 1 aliphatic carbocycles. The van der Waals surface area contributed by atoms with Crippen molar-refractivity contribution in [1.29, 1.82) is 0 Å². The van der Waals surface area contributed by atoms with Gasteiger partial charge in [0.15, 0.2) is 0 Å². The highest BCUT2D eigenvalue weighted by Crippen LogP contribution is 2.48. The molecule has 2 aliphatic rings. The van der Waals surface area contributed by atoms with Crippen molar-refractivity contribution in [3.8, 4) is 0 Å². The Hall–Kier alpha value is -0.980. The molecule has 0 saturated heterocycles. The number of rotatable bonds is 1. The van der Waals surface area contributed by atoms with Gasteiger partial charge in [0.2, 0.25) is 0 Å². The van der Waals surface area contributed by atoms with Gasteiger partial charge < -0.3 is 5.32 Å². The number of fused-ring (bicyclic) bond motifs is 1. The van der Waals surface area contributed by atoms with E-state index in [1.165, 1.54) is 30.5 Å². The van der Waals surface area contributed by atoms with Crippen molar-refractivity contribution < 1.29 is 0 Å². The predicted molar refractivity (Wildman–Crippen MR) is 59.8 cm³/mol. The van der Waals surface area contributed by atoms with Crippen molar-refractivity contribution in [3.05, 3.63) is 29.3 Å². The van der Waals surface area contributed by atoms with Gasteiger partial charge in [-0.2, -0.15) is 0 Å². The standard InChI is InChI=1S/C13H17N/c1-9-3-2-4-12-13(9)11(7-8-14-12)10-5-6-10/h2-4,10-11,14H,5-8H2,1H3. The van der Waals surface area contributed by atoms with Gasteiger partial charge in [0.05, 0.1) is 0 Å². The minimum Gasteiger partial charge on any atom is -0.385 e. The molecule has 14 heavy (non-hydrogen) atoms. The molecule has 1 unspecified atom stereocenters. The van der Waals surface area contributed by atoms with Crippen LogP contribution in [0.15, 0.2) is 18.2 Å². The molecule has 1 nitrogen and oxygen atoms in total. The number of hydrogen-bond donors (Lipinski definition) is 1. The molecule has 1 aromatic rings. The maximum Gasteiger partial charge on any atom is 0.0378 e. The molecule has 3 rings (SSSR count). The van der Waals surface area contributed by atoms with Gasteiger partial charge >= 0.3 is 0 Å². The summed E-state index contributed by atoms with van der Waals surface area (Å²) in [5, 5.41) is 3.52. The lowest BCUT2D eigenvalue weighted by Crippen LogP contribution is -2.19. The Balaban J connectivity index is 2.07. The van der Waals surface area contributed by atoms with Gasteiger partial charge in [0.25, 0.3) is 0 Å². The van der Waals surface area contributed by atoms with E-state index in [4.69, 9.17) is 0 Å². The second-order valence-electron chi connectivity index (χ2n) is 4.70. The molecule has 0 aromatic heterocycles. The third kappa shape index (κ3) is 1.23. The molecule has 0 radical (unpaired) electrons. The number of nitrogens with one attached hydrogen (secondary N) is 1. The van der Waals surface area contributed by atoms with E-state index in [2.05, 4.69) is 30.4 Å². The van der Waals surface area contributed by atoms with Crippen molar-refractivity contribution in [2.24, 2.45) is 5.92 Å². The van der Waals surface area contributed by atoms with E-state index in [1.807, 2.05) is 0 Å². The number of hydrogen-bond acceptors (Lipinski definition) is 1. The quantitative estimate of drug-likeness (QED) is 0.711. The average Bonchev–Trinajstić information content (AvgIpc) is 3.01. The van der Waals surface area contributed by atoms with Gasteiger partial charge in [-0.1, -0.05) is 12.1 Å². The highest BCUT2D eigenvalue weighted by atomic mass is 14.9. The molecule has 0 bridgehead atoms. The Morgan fingerprint density at radius 1 is 1.21 bits per heavy atom. The van der Waals surface area contributed by atoms with Gasteiger partial charge in [-0.05, 0) is 55.2 Å². The first kappa shape index (κ1) is 8.34. The Kier molecular flexibility index (Phi) is 1.79. The first-order valence-electron chi connectivity index (χ1n) is 5.69. The molecule has 1 saturated carbocycles. The van der Waals surface area contributed by atoms with Crippen LogP contribution in [0.4, 0.5) is 5.69 Å². The summed E-state index contributed by atoms with van der Waals surface area (Å²) in [5.74, 6) is 1.85. The van der Waals surface area contributed by atoms with Gasteiger partial charge in [-0.25, -0.2) is 0 Å². The van der Waals surface area contributed by atoms with E-state index in [0.29, 0.717) is 0 Å². The van der Waals surface area contributed by atoms with Crippen LogP contribution in [0.1, 0.15) is 36.3 Å². The van der Waals surface area contributed by atoms with Crippen molar-refractivity contribution in [2.45, 2.75) is 32.1 Å². The molecule has 0 amide bonds. The van der Waals surface area contributed by atoms with Crippen LogP contribution in [0.2, 0.25) is 0 Å². The predicted octanol–water partition coefficient (Wildman–Crippen LogP) is 3.30. The van der Waals surface area contributed by atoms with E-state index in [1.54, 1.807) is 5.56 Å². The first-order valence-corrected chi connectivity index (χ1v) is 5.69. The van der Waals surface area contributed by atoms with Gasteiger partial charge in [0, 0.05) is 12.2 Å². The molecule has 1 fully saturated rings. The van der Waals surface area contributed by atoms with Crippen LogP contribution in [0.3, 0.4) is 0 Å². The van der Waals surface area contributed by atoms with Gasteiger partial charge in [-0.3, -0.25) is 0 Å². The van der Waals surface area contributed by atoms with Crippen molar-refractivity contribution in [1.82, 2.24) is 0 Å². The highest BCUT2D eigenvalue weighted by molar-refractivity contribution is 5.58. The van der Waals surface area contributed by atoms with Gasteiger partial charge in [-0.15, -0.1) is 0 Å². The number of aryl methyl sites for hydroxylation is 1. The van der Waals surface area contributed by atoms with E-state index in [-0.39, 0.29) is 0 Å². The zero-order valence-corrected chi connectivity index (χ0v) is 8.72. The summed E-state index contributed by atoms with van der Waals surface area (Å²) < 4.78 is 0. The molecular formula is C13H17N. The SMILES string of the molecule is Cc1cccc2c1C(C1CC1)CCN2. The summed E-state index contributed by atoms with van der Waals surface area (Å²) in [4.78, 5) is 0. The zero-order chi connectivity index (χ0) is 9.54. The first-order chi connectivity index (χ1) is 6.86. The summed E-state index contributed by atoms with van der Waals surface area (Å²) >= 11 is 0. The molecular weight excluding hydrogens is 170 g/mol. The average molecular weight is 187 g/mol. The van der Waals surface area contributed by atoms with Crippen LogP contribution < -0.4 is 5.32 Å². The molecule has 1 aliphatic heterocycles. The van der Waals surface area contributed by atoms with Crippen molar-refractivity contribution in [3.63, 3.8) is 0 Å². The smallest absolute Gasteiger partial charge is 0.0378 e. The summed E-state index contributed by atoms with van der Waals surface area (Å²) in [6.45, 7) is 3.42. The van der Waals surface area contributed by atoms with Crippen molar-refractivity contribution >= 4 is 5.69 Å². The molecule has 1 atom stereocenters. The van der Waals surface area contributed by atoms with E-state index >= 15 is 0 Å². The minimum atomic E-state index is 0.854. The molecule has 1 heteroatoms. The van der Waals surface area contributed by atoms with E-state index < -0.39 is 0 Å². The summed E-state index contributed by atoms with van der Waals surface area (Å²) in [6.07, 6.45) is 4.25. The highest BCUT2D eigenvalue weighted by Gasteiger charge is 2.35. The third-order valence-electron chi connectivity index (χ3n) is 3.66. The van der Waals surface area contributed by atoms with Crippen LogP contribution in [0.5, 0.6) is 0 Å². The Morgan fingerprint density at radius 3 is 2.86 bits per heavy atom. The fourth-order valence-corrected chi connectivity index (χ4v) is 2.80. The third-order valence-corrected chi connectivity index (χ3v) is 3.66. The molecule has 1 N–H and O–H groups in total. The normalized spacial score (nSPS) is 25.4. The largest absolute Gasteiger partial charge is 0.385 e. The molecule has 1 heterocycles. The van der Waals surface area contributed by atoms with E-state index in [0.717, 1.165) is 18.4 Å². The molecule has 74 valence electrons. The van der Waals surface area contributed by atoms with Crippen LogP contribution in [0.25, 0.3) is 0 Å². The van der Waals surface area contributed by atoms with Crippen LogP contribution >= 0.6 is 0 Å². The maximum absolute atomic E-state index is 3.52. The van der Waals surface area contributed by atoms with Gasteiger partial charge in [0.1, 0.15) is 0 Å². The van der Waals surface area contributed by atoms with Crippen LogP contribution in [-0.4, -0.2) is 6.54 Å². The van der Waals surface area contributed by atoms with Crippen LogP contribution in [0, 0.1) is 12.8 Å². The topological polar surface area (TPSA) is 12.0 Å². The summed E-state index contributed by atoms with van der Waals surface area (Å²) in [5.41, 5.74) is 4.49. The lowest BCUT2D eigenvalue weighted by Gasteiger charge is -2.28. The van der Waals surface area contributed by atoms with E-state index in [9.17, 15) is 0 Å². The number of benzene rings is 1. The second-order valence-corrected chi connectivity index (χ2v) is 4.70. The lowest BCUT2D eigenvalue weighted by atomic mass is 9.84. The summed E-state index contributed by atoms with van der Waals surface area (Å²) in [7, 11) is 0. The number of anilines is 1. The Labute approximate surface area is 85.5 Å². The Bertz CT molecular complexity index is 352. The molecule has 0 spiro atoms. The fourth-order valence-electron chi connectivity index (χ4n) is 2.80. The Morgan fingerprint density at radius 2 is 2.07 bits per heavy atom. The van der Waals surface area contributed by atoms with Crippen molar-refractivity contribution in [2.75, 3.05) is 11.9 Å². The lowest BCUT2D eigenvalue weighted by molar-refractivity contribution is 0.557. The maximum atomic E-state index is 3.52. The monoisotopic (exact) mass is 187 g/mol. The fraction of sp³-hybridized carbons (Fsp3) is 0.538. The minimum absolute atomic E-state index is 0.854.